The molecule has 0 bridgehead atoms. The van der Waals surface area contributed by atoms with E-state index in [1.807, 2.05) is 0 Å². The fourth-order valence-corrected chi connectivity index (χ4v) is 1.49. The van der Waals surface area contributed by atoms with Crippen LogP contribution >= 0.6 is 0 Å². The van der Waals surface area contributed by atoms with Crippen LogP contribution in [0, 0.1) is 5.82 Å². The molecule has 1 heterocycles. The molecule has 1 aliphatic carbocycles. The van der Waals surface area contributed by atoms with Crippen LogP contribution in [0.1, 0.15) is 18.4 Å². The molecule has 0 unspecified atom stereocenters. The molecule has 0 spiro atoms. The predicted molar refractivity (Wildman–Crippen MR) is 61.4 cm³/mol. The fraction of sp³-hybridized carbons (Fsp3) is 0.583. The van der Waals surface area contributed by atoms with Gasteiger partial charge in [-0.25, -0.2) is 9.37 Å². The molecule has 1 saturated carbocycles. The number of halogens is 1. The van der Waals surface area contributed by atoms with Crippen molar-refractivity contribution in [3.8, 4) is 5.88 Å². The van der Waals surface area contributed by atoms with Gasteiger partial charge in [-0.2, -0.15) is 0 Å². The highest BCUT2D eigenvalue weighted by Gasteiger charge is 2.21. The van der Waals surface area contributed by atoms with Crippen LogP contribution in [0.4, 0.5) is 4.39 Å². The van der Waals surface area contributed by atoms with Crippen molar-refractivity contribution in [2.45, 2.75) is 25.4 Å². The smallest absolute Gasteiger partial charge is 0.218 e. The molecule has 0 amide bonds. The molecule has 1 N–H and O–H groups in total. The maximum atomic E-state index is 13.1. The highest BCUT2D eigenvalue weighted by molar-refractivity contribution is 5.26. The lowest BCUT2D eigenvalue weighted by molar-refractivity contribution is 0.143. The summed E-state index contributed by atoms with van der Waals surface area (Å²) in [4.78, 5) is 3.96. The lowest BCUT2D eigenvalue weighted by Crippen LogP contribution is -2.17. The number of ether oxygens (including phenoxy) is 2. The van der Waals surface area contributed by atoms with E-state index in [9.17, 15) is 4.39 Å². The first-order valence-corrected chi connectivity index (χ1v) is 5.79. The van der Waals surface area contributed by atoms with Crippen molar-refractivity contribution >= 4 is 0 Å². The van der Waals surface area contributed by atoms with Gasteiger partial charge in [-0.1, -0.05) is 0 Å². The second-order valence-electron chi connectivity index (χ2n) is 4.11. The third-order valence-electron chi connectivity index (χ3n) is 2.58. The van der Waals surface area contributed by atoms with E-state index >= 15 is 0 Å². The van der Waals surface area contributed by atoms with E-state index in [1.54, 1.807) is 7.11 Å². The number of nitrogens with one attached hydrogen (secondary N) is 1. The summed E-state index contributed by atoms with van der Waals surface area (Å²) in [6.07, 6.45) is 3.56. The minimum Gasteiger partial charge on any atom is -0.475 e. The van der Waals surface area contributed by atoms with Gasteiger partial charge in [0.25, 0.3) is 0 Å². The first-order valence-electron chi connectivity index (χ1n) is 5.79. The Balaban J connectivity index is 1.95. The van der Waals surface area contributed by atoms with Gasteiger partial charge >= 0.3 is 0 Å². The minimum atomic E-state index is -0.336. The van der Waals surface area contributed by atoms with E-state index in [2.05, 4.69) is 10.3 Å². The normalized spacial score (nSPS) is 14.9. The number of pyridine rings is 1. The van der Waals surface area contributed by atoms with Crippen molar-refractivity contribution in [1.29, 1.82) is 0 Å². The molecule has 0 radical (unpaired) electrons. The van der Waals surface area contributed by atoms with Gasteiger partial charge in [0.2, 0.25) is 5.88 Å². The van der Waals surface area contributed by atoms with Gasteiger partial charge in [0.05, 0.1) is 12.8 Å². The zero-order valence-corrected chi connectivity index (χ0v) is 9.91. The molecule has 0 aliphatic heterocycles. The lowest BCUT2D eigenvalue weighted by Gasteiger charge is -2.10. The summed E-state index contributed by atoms with van der Waals surface area (Å²) >= 11 is 0. The van der Waals surface area contributed by atoms with Gasteiger partial charge in [0.1, 0.15) is 12.4 Å². The zero-order valence-electron chi connectivity index (χ0n) is 9.91. The highest BCUT2D eigenvalue weighted by Crippen LogP contribution is 2.21. The van der Waals surface area contributed by atoms with Gasteiger partial charge in [0, 0.05) is 25.3 Å². The number of aromatic nitrogens is 1. The second kappa shape index (κ2) is 5.93. The van der Waals surface area contributed by atoms with Gasteiger partial charge in [-0.05, 0) is 18.9 Å². The predicted octanol–water partition coefficient (Wildman–Crippen LogP) is 1.50. The molecule has 17 heavy (non-hydrogen) atoms. The van der Waals surface area contributed by atoms with Crippen molar-refractivity contribution in [1.82, 2.24) is 10.3 Å². The van der Waals surface area contributed by atoms with E-state index in [-0.39, 0.29) is 5.82 Å². The number of rotatable bonds is 7. The Morgan fingerprint density at radius 1 is 1.47 bits per heavy atom. The summed E-state index contributed by atoms with van der Waals surface area (Å²) in [7, 11) is 1.61. The molecule has 94 valence electrons. The SMILES string of the molecule is COCCOc1ncc(F)cc1CNC1CC1. The standard InChI is InChI=1S/C12H17FN2O2/c1-16-4-5-17-12-9(6-10(13)8-15-12)7-14-11-2-3-11/h6,8,11,14H,2-5,7H2,1H3. The van der Waals surface area contributed by atoms with Crippen LogP contribution in [-0.4, -0.2) is 31.3 Å². The largest absolute Gasteiger partial charge is 0.475 e. The molecular formula is C12H17FN2O2. The quantitative estimate of drug-likeness (QED) is 0.733. The van der Waals surface area contributed by atoms with E-state index in [4.69, 9.17) is 9.47 Å². The highest BCUT2D eigenvalue weighted by atomic mass is 19.1. The summed E-state index contributed by atoms with van der Waals surface area (Å²) < 4.78 is 23.4. The van der Waals surface area contributed by atoms with Gasteiger partial charge in [-0.15, -0.1) is 0 Å². The Labute approximate surface area is 100 Å². The zero-order chi connectivity index (χ0) is 12.1. The molecule has 0 aromatic carbocycles. The molecule has 1 aromatic rings. The van der Waals surface area contributed by atoms with Gasteiger partial charge in [-0.3, -0.25) is 0 Å². The van der Waals surface area contributed by atoms with E-state index in [0.29, 0.717) is 31.7 Å². The molecule has 5 heteroatoms. The van der Waals surface area contributed by atoms with Crippen LogP contribution in [0.15, 0.2) is 12.3 Å². The average molecular weight is 240 g/mol. The van der Waals surface area contributed by atoms with Crippen molar-refractivity contribution < 1.29 is 13.9 Å². The van der Waals surface area contributed by atoms with Gasteiger partial charge < -0.3 is 14.8 Å². The average Bonchev–Trinajstić information content (AvgIpc) is 3.13. The summed E-state index contributed by atoms with van der Waals surface area (Å²) in [6, 6.07) is 2.04. The number of hydrogen-bond donors (Lipinski definition) is 1. The minimum absolute atomic E-state index is 0.336. The van der Waals surface area contributed by atoms with Crippen LogP contribution in [-0.2, 0) is 11.3 Å². The fourth-order valence-electron chi connectivity index (χ4n) is 1.49. The molecule has 0 atom stereocenters. The van der Waals surface area contributed by atoms with Crippen LogP contribution in [0.2, 0.25) is 0 Å². The molecule has 1 aliphatic rings. The molecule has 0 saturated heterocycles. The van der Waals surface area contributed by atoms with Gasteiger partial charge in [0.15, 0.2) is 0 Å². The van der Waals surface area contributed by atoms with Crippen LogP contribution < -0.4 is 10.1 Å². The Hall–Kier alpha value is -1.20. The summed E-state index contributed by atoms with van der Waals surface area (Å²) in [5, 5.41) is 3.31. The molecule has 1 aromatic heterocycles. The molecule has 4 nitrogen and oxygen atoms in total. The maximum Gasteiger partial charge on any atom is 0.218 e. The van der Waals surface area contributed by atoms with Crippen LogP contribution in [0.3, 0.4) is 0 Å². The first kappa shape index (κ1) is 12.3. The maximum absolute atomic E-state index is 13.1. The summed E-state index contributed by atoms with van der Waals surface area (Å²) in [5.74, 6) is 0.147. The van der Waals surface area contributed by atoms with Crippen molar-refractivity contribution in [3.05, 3.63) is 23.6 Å². The first-order chi connectivity index (χ1) is 8.29. The van der Waals surface area contributed by atoms with Crippen molar-refractivity contribution in [3.63, 3.8) is 0 Å². The van der Waals surface area contributed by atoms with Crippen LogP contribution in [0.25, 0.3) is 0 Å². The Morgan fingerprint density at radius 3 is 3.00 bits per heavy atom. The Bertz CT molecular complexity index is 370. The number of nitrogens with zero attached hydrogens (tertiary/aromatic N) is 1. The summed E-state index contributed by atoms with van der Waals surface area (Å²) in [6.45, 7) is 1.51. The Kier molecular flexibility index (Phi) is 4.28. The van der Waals surface area contributed by atoms with Crippen molar-refractivity contribution in [2.75, 3.05) is 20.3 Å². The molecule has 1 fully saturated rings. The molecular weight excluding hydrogens is 223 g/mol. The molecule has 2 rings (SSSR count). The second-order valence-corrected chi connectivity index (χ2v) is 4.11. The van der Waals surface area contributed by atoms with E-state index in [1.165, 1.54) is 25.1 Å². The Morgan fingerprint density at radius 2 is 2.29 bits per heavy atom. The van der Waals surface area contributed by atoms with Crippen LogP contribution in [0.5, 0.6) is 5.88 Å². The number of hydrogen-bond acceptors (Lipinski definition) is 4. The van der Waals surface area contributed by atoms with E-state index in [0.717, 1.165) is 5.56 Å². The lowest BCUT2D eigenvalue weighted by atomic mass is 10.2. The van der Waals surface area contributed by atoms with Crippen molar-refractivity contribution in [2.24, 2.45) is 0 Å². The summed E-state index contributed by atoms with van der Waals surface area (Å²) in [5.41, 5.74) is 0.757. The third-order valence-corrected chi connectivity index (χ3v) is 2.58. The number of methoxy groups -OCH3 is 1. The third kappa shape index (κ3) is 3.94. The topological polar surface area (TPSA) is 43.4 Å². The monoisotopic (exact) mass is 240 g/mol. The van der Waals surface area contributed by atoms with E-state index < -0.39 is 0 Å².